The van der Waals surface area contributed by atoms with Crippen molar-refractivity contribution in [3.05, 3.63) is 0 Å². The van der Waals surface area contributed by atoms with E-state index in [0.717, 1.165) is 24.3 Å². The first kappa shape index (κ1) is 12.9. The molecule has 2 rings (SSSR count). The number of hydrogen-bond donors (Lipinski definition) is 1. The molecule has 2 heterocycles. The van der Waals surface area contributed by atoms with E-state index in [2.05, 4.69) is 19.2 Å². The van der Waals surface area contributed by atoms with Gasteiger partial charge in [-0.1, -0.05) is 20.8 Å². The molecule has 2 aliphatic heterocycles. The molecule has 0 bridgehead atoms. The molecule has 2 aliphatic rings. The largest absolute Gasteiger partial charge is 0.296 e. The summed E-state index contributed by atoms with van der Waals surface area (Å²) in [6, 6.07) is 0. The zero-order valence-corrected chi connectivity index (χ0v) is 11.7. The van der Waals surface area contributed by atoms with E-state index < -0.39 is 0 Å². The summed E-state index contributed by atoms with van der Waals surface area (Å²) in [4.78, 5) is 23.7. The Labute approximate surface area is 107 Å². The lowest BCUT2D eigenvalue weighted by Crippen LogP contribution is -2.55. The van der Waals surface area contributed by atoms with Gasteiger partial charge in [0.1, 0.15) is 0 Å². The summed E-state index contributed by atoms with van der Waals surface area (Å²) in [5.74, 6) is 1.95. The first-order valence-electron chi connectivity index (χ1n) is 6.30. The van der Waals surface area contributed by atoms with Gasteiger partial charge in [0, 0.05) is 23.5 Å². The molecule has 0 saturated carbocycles. The maximum absolute atomic E-state index is 12.0. The van der Waals surface area contributed by atoms with Crippen LogP contribution in [0.1, 0.15) is 40.0 Å². The maximum atomic E-state index is 12.0. The van der Waals surface area contributed by atoms with Crippen molar-refractivity contribution in [2.24, 2.45) is 16.7 Å². The molecule has 4 heteroatoms. The summed E-state index contributed by atoms with van der Waals surface area (Å²) < 4.78 is 0. The van der Waals surface area contributed by atoms with Gasteiger partial charge in [0.25, 0.3) is 0 Å². The Hall–Kier alpha value is -0.510. The first-order chi connectivity index (χ1) is 7.88. The van der Waals surface area contributed by atoms with Crippen molar-refractivity contribution in [1.29, 1.82) is 0 Å². The van der Waals surface area contributed by atoms with Gasteiger partial charge in [0.2, 0.25) is 11.8 Å². The van der Waals surface area contributed by atoms with Crippen LogP contribution < -0.4 is 5.32 Å². The molecule has 0 radical (unpaired) electrons. The Balaban J connectivity index is 2.31. The van der Waals surface area contributed by atoms with Crippen LogP contribution in [0.5, 0.6) is 0 Å². The molecule has 2 fully saturated rings. The van der Waals surface area contributed by atoms with Crippen molar-refractivity contribution >= 4 is 23.6 Å². The third-order valence-corrected chi connectivity index (χ3v) is 5.72. The highest BCUT2D eigenvalue weighted by molar-refractivity contribution is 7.99. The highest BCUT2D eigenvalue weighted by Gasteiger charge is 2.51. The minimum absolute atomic E-state index is 0.00674. The topological polar surface area (TPSA) is 46.2 Å². The van der Waals surface area contributed by atoms with E-state index in [-0.39, 0.29) is 28.6 Å². The molecule has 96 valence electrons. The fraction of sp³-hybridized carbons (Fsp3) is 0.846. The van der Waals surface area contributed by atoms with Gasteiger partial charge in [0.05, 0.1) is 0 Å². The maximum Gasteiger partial charge on any atom is 0.230 e. The molecular formula is C13H21NO2S. The van der Waals surface area contributed by atoms with Gasteiger partial charge in [-0.2, -0.15) is 11.8 Å². The van der Waals surface area contributed by atoms with Crippen molar-refractivity contribution in [2.45, 2.75) is 40.0 Å². The Bertz CT molecular complexity index is 353. The van der Waals surface area contributed by atoms with Crippen LogP contribution in [0, 0.1) is 16.7 Å². The second-order valence-corrected chi connectivity index (χ2v) is 7.23. The second-order valence-electron chi connectivity index (χ2n) is 6.25. The van der Waals surface area contributed by atoms with Gasteiger partial charge in [-0.15, -0.1) is 0 Å². The van der Waals surface area contributed by atoms with Crippen molar-refractivity contribution in [3.63, 3.8) is 0 Å². The molecule has 1 spiro atoms. The van der Waals surface area contributed by atoms with Gasteiger partial charge >= 0.3 is 0 Å². The number of rotatable bonds is 1. The van der Waals surface area contributed by atoms with E-state index in [4.69, 9.17) is 0 Å². The van der Waals surface area contributed by atoms with Gasteiger partial charge in [-0.05, 0) is 24.0 Å². The quantitative estimate of drug-likeness (QED) is 0.731. The third kappa shape index (κ3) is 2.37. The summed E-state index contributed by atoms with van der Waals surface area (Å²) in [6.45, 7) is 6.53. The van der Waals surface area contributed by atoms with Gasteiger partial charge < -0.3 is 0 Å². The zero-order chi connectivity index (χ0) is 12.7. The van der Waals surface area contributed by atoms with Crippen molar-refractivity contribution in [3.8, 4) is 0 Å². The number of hydrogen-bond acceptors (Lipinski definition) is 3. The number of amides is 2. The molecule has 2 saturated heterocycles. The van der Waals surface area contributed by atoms with E-state index in [0.29, 0.717) is 6.42 Å². The molecule has 0 aromatic heterocycles. The zero-order valence-electron chi connectivity index (χ0n) is 10.8. The SMILES string of the molecule is CCC1C(=O)NC(=O)CC12CSCC(C)(C)C2. The molecule has 17 heavy (non-hydrogen) atoms. The van der Waals surface area contributed by atoms with Crippen molar-refractivity contribution < 1.29 is 9.59 Å². The second kappa shape index (κ2) is 4.30. The number of piperidine rings is 1. The number of carbonyl (C=O) groups excluding carboxylic acids is 2. The highest BCUT2D eigenvalue weighted by Crippen LogP contribution is 2.52. The molecule has 2 unspecified atom stereocenters. The molecule has 2 atom stereocenters. The van der Waals surface area contributed by atoms with Crippen LogP contribution in [-0.2, 0) is 9.59 Å². The number of thioether (sulfide) groups is 1. The van der Waals surface area contributed by atoms with Crippen molar-refractivity contribution in [2.75, 3.05) is 11.5 Å². The number of nitrogens with one attached hydrogen (secondary N) is 1. The lowest BCUT2D eigenvalue weighted by Gasteiger charge is -2.49. The normalized spacial score (nSPS) is 37.0. The van der Waals surface area contributed by atoms with Gasteiger partial charge in [0.15, 0.2) is 0 Å². The molecule has 0 aliphatic carbocycles. The molecule has 2 amide bonds. The average Bonchev–Trinajstić information content (AvgIpc) is 2.14. The molecule has 0 aromatic carbocycles. The number of imide groups is 1. The smallest absolute Gasteiger partial charge is 0.230 e. The Morgan fingerprint density at radius 2 is 2.06 bits per heavy atom. The fourth-order valence-electron chi connectivity index (χ4n) is 3.53. The standard InChI is InChI=1S/C13H21NO2S/c1-4-9-11(16)14-10(15)5-13(9)6-12(2,3)7-17-8-13/h9H,4-8H2,1-3H3,(H,14,15,16). The van der Waals surface area contributed by atoms with E-state index in [1.54, 1.807) is 0 Å². The monoisotopic (exact) mass is 255 g/mol. The number of carbonyl (C=O) groups is 2. The Kier molecular flexibility index (Phi) is 3.27. The van der Waals surface area contributed by atoms with Crippen LogP contribution in [0.4, 0.5) is 0 Å². The third-order valence-electron chi connectivity index (χ3n) is 3.95. The van der Waals surface area contributed by atoms with E-state index in [1.807, 2.05) is 18.7 Å². The van der Waals surface area contributed by atoms with E-state index in [1.165, 1.54) is 0 Å². The lowest BCUT2D eigenvalue weighted by molar-refractivity contribution is -0.144. The molecule has 1 N–H and O–H groups in total. The summed E-state index contributed by atoms with van der Waals surface area (Å²) in [5.41, 5.74) is 0.134. The van der Waals surface area contributed by atoms with Crippen LogP contribution in [0.2, 0.25) is 0 Å². The van der Waals surface area contributed by atoms with Crippen LogP contribution in [-0.4, -0.2) is 23.3 Å². The summed E-state index contributed by atoms with van der Waals surface area (Å²) in [7, 11) is 0. The summed E-state index contributed by atoms with van der Waals surface area (Å²) in [5, 5.41) is 2.49. The van der Waals surface area contributed by atoms with Gasteiger partial charge in [-0.25, -0.2) is 0 Å². The van der Waals surface area contributed by atoms with Crippen LogP contribution in [0.3, 0.4) is 0 Å². The molecule has 3 nitrogen and oxygen atoms in total. The Morgan fingerprint density at radius 1 is 1.35 bits per heavy atom. The van der Waals surface area contributed by atoms with Crippen LogP contribution >= 0.6 is 11.8 Å². The summed E-state index contributed by atoms with van der Waals surface area (Å²) >= 11 is 1.90. The fourth-order valence-corrected chi connectivity index (χ4v) is 5.10. The molecule has 0 aromatic rings. The first-order valence-corrected chi connectivity index (χ1v) is 7.45. The van der Waals surface area contributed by atoms with Crippen LogP contribution in [0.15, 0.2) is 0 Å². The summed E-state index contributed by atoms with van der Waals surface area (Å²) in [6.07, 6.45) is 2.34. The Morgan fingerprint density at radius 3 is 2.65 bits per heavy atom. The minimum Gasteiger partial charge on any atom is -0.296 e. The molecular weight excluding hydrogens is 234 g/mol. The van der Waals surface area contributed by atoms with Crippen LogP contribution in [0.25, 0.3) is 0 Å². The average molecular weight is 255 g/mol. The van der Waals surface area contributed by atoms with E-state index >= 15 is 0 Å². The minimum atomic E-state index is -0.0966. The highest BCUT2D eigenvalue weighted by atomic mass is 32.2. The predicted octanol–water partition coefficient (Wildman–Crippen LogP) is 2.21. The van der Waals surface area contributed by atoms with Crippen molar-refractivity contribution in [1.82, 2.24) is 5.32 Å². The van der Waals surface area contributed by atoms with E-state index in [9.17, 15) is 9.59 Å². The lowest BCUT2D eigenvalue weighted by atomic mass is 9.62. The predicted molar refractivity (Wildman–Crippen MR) is 69.7 cm³/mol. The van der Waals surface area contributed by atoms with Gasteiger partial charge in [-0.3, -0.25) is 14.9 Å².